The summed E-state index contributed by atoms with van der Waals surface area (Å²) in [6.07, 6.45) is -0.460. The maximum absolute atomic E-state index is 12.1. The van der Waals surface area contributed by atoms with E-state index in [1.165, 1.54) is 0 Å². The van der Waals surface area contributed by atoms with E-state index in [-0.39, 0.29) is 18.9 Å². The monoisotopic (exact) mass is 335 g/mol. The molecule has 2 N–H and O–H groups in total. The van der Waals surface area contributed by atoms with E-state index in [1.807, 2.05) is 66.7 Å². The molecule has 3 rings (SSSR count). The summed E-state index contributed by atoms with van der Waals surface area (Å²) < 4.78 is 5.10. The Morgan fingerprint density at radius 1 is 1.04 bits per heavy atom. The van der Waals surface area contributed by atoms with Crippen molar-refractivity contribution in [2.45, 2.75) is 12.5 Å². The van der Waals surface area contributed by atoms with Crippen molar-refractivity contribution >= 4 is 16.7 Å². The van der Waals surface area contributed by atoms with Crippen LogP contribution in [0, 0.1) is 0 Å². The van der Waals surface area contributed by atoms with Crippen molar-refractivity contribution < 1.29 is 14.6 Å². The maximum Gasteiger partial charge on any atom is 0.224 e. The summed E-state index contributed by atoms with van der Waals surface area (Å²) in [5, 5.41) is 15.3. The molecule has 0 saturated carbocycles. The van der Waals surface area contributed by atoms with Crippen molar-refractivity contribution in [2.75, 3.05) is 13.7 Å². The second-order valence-corrected chi connectivity index (χ2v) is 5.95. The van der Waals surface area contributed by atoms with Crippen LogP contribution in [0.5, 0.6) is 5.75 Å². The van der Waals surface area contributed by atoms with E-state index in [9.17, 15) is 9.90 Å². The van der Waals surface area contributed by atoms with Crippen molar-refractivity contribution in [3.05, 3.63) is 77.9 Å². The Morgan fingerprint density at radius 3 is 2.48 bits per heavy atom. The summed E-state index contributed by atoms with van der Waals surface area (Å²) in [5.74, 6) is 0.640. The normalized spacial score (nSPS) is 11.9. The summed E-state index contributed by atoms with van der Waals surface area (Å²) in [7, 11) is 1.61. The van der Waals surface area contributed by atoms with E-state index in [0.717, 1.165) is 27.6 Å². The molecular formula is C21H21NO3. The highest BCUT2D eigenvalue weighted by Crippen LogP contribution is 2.20. The van der Waals surface area contributed by atoms with Gasteiger partial charge in [-0.2, -0.15) is 0 Å². The Bertz CT molecular complexity index is 858. The molecule has 0 bridgehead atoms. The van der Waals surface area contributed by atoms with Crippen LogP contribution in [-0.2, 0) is 11.2 Å². The van der Waals surface area contributed by atoms with Crippen LogP contribution in [0.2, 0.25) is 0 Å². The number of nitrogens with one attached hydrogen (secondary N) is 1. The van der Waals surface area contributed by atoms with E-state index in [1.54, 1.807) is 7.11 Å². The molecule has 0 spiro atoms. The van der Waals surface area contributed by atoms with Gasteiger partial charge >= 0.3 is 0 Å². The smallest absolute Gasteiger partial charge is 0.224 e. The van der Waals surface area contributed by atoms with Crippen molar-refractivity contribution in [1.82, 2.24) is 5.32 Å². The zero-order chi connectivity index (χ0) is 17.6. The number of carbonyl (C=O) groups excluding carboxylic acids is 1. The Hall–Kier alpha value is -2.85. The molecular weight excluding hydrogens is 314 g/mol. The quantitative estimate of drug-likeness (QED) is 0.727. The standard InChI is InChI=1S/C21H21NO3/c1-25-19-10-6-15(7-11-19)12-21(24)22-14-20(23)18-9-8-16-4-2-3-5-17(16)13-18/h2-11,13,20,23H,12,14H2,1H3,(H,22,24)/t20-/m0/s1. The lowest BCUT2D eigenvalue weighted by Gasteiger charge is -2.13. The number of fused-ring (bicyclic) bond motifs is 1. The molecule has 0 saturated heterocycles. The van der Waals surface area contributed by atoms with Crippen LogP contribution in [0.25, 0.3) is 10.8 Å². The van der Waals surface area contributed by atoms with Crippen LogP contribution in [0.1, 0.15) is 17.2 Å². The molecule has 0 fully saturated rings. The average Bonchev–Trinajstić information content (AvgIpc) is 2.66. The second-order valence-electron chi connectivity index (χ2n) is 5.95. The van der Waals surface area contributed by atoms with Crippen LogP contribution in [0.15, 0.2) is 66.7 Å². The fourth-order valence-electron chi connectivity index (χ4n) is 2.73. The fourth-order valence-corrected chi connectivity index (χ4v) is 2.73. The first-order valence-electron chi connectivity index (χ1n) is 8.22. The van der Waals surface area contributed by atoms with Crippen molar-refractivity contribution in [3.8, 4) is 5.75 Å². The zero-order valence-electron chi connectivity index (χ0n) is 14.1. The van der Waals surface area contributed by atoms with Gasteiger partial charge in [0, 0.05) is 6.54 Å². The molecule has 0 aliphatic rings. The summed E-state index contributed by atoms with van der Waals surface area (Å²) >= 11 is 0. The van der Waals surface area contributed by atoms with E-state index >= 15 is 0 Å². The number of carbonyl (C=O) groups is 1. The second kappa shape index (κ2) is 7.81. The van der Waals surface area contributed by atoms with E-state index in [2.05, 4.69) is 5.32 Å². The number of hydrogen-bond donors (Lipinski definition) is 2. The van der Waals surface area contributed by atoms with Crippen LogP contribution in [0.3, 0.4) is 0 Å². The molecule has 4 nitrogen and oxygen atoms in total. The molecule has 3 aromatic rings. The Balaban J connectivity index is 1.56. The minimum atomic E-state index is -0.732. The molecule has 0 heterocycles. The highest BCUT2D eigenvalue weighted by atomic mass is 16.5. The van der Waals surface area contributed by atoms with Gasteiger partial charge in [-0.3, -0.25) is 4.79 Å². The van der Waals surface area contributed by atoms with Crippen molar-refractivity contribution in [2.24, 2.45) is 0 Å². The molecule has 0 aliphatic carbocycles. The molecule has 128 valence electrons. The van der Waals surface area contributed by atoms with Gasteiger partial charge < -0.3 is 15.2 Å². The number of rotatable bonds is 6. The highest BCUT2D eigenvalue weighted by Gasteiger charge is 2.10. The third-order valence-electron chi connectivity index (χ3n) is 4.17. The Kier molecular flexibility index (Phi) is 5.31. The number of hydrogen-bond acceptors (Lipinski definition) is 3. The minimum absolute atomic E-state index is 0.120. The third kappa shape index (κ3) is 4.37. The zero-order valence-corrected chi connectivity index (χ0v) is 14.1. The summed E-state index contributed by atoms with van der Waals surface area (Å²) in [4.78, 5) is 12.1. The molecule has 0 unspecified atom stereocenters. The Labute approximate surface area is 147 Å². The van der Waals surface area contributed by atoms with E-state index < -0.39 is 6.10 Å². The Morgan fingerprint density at radius 2 is 1.76 bits per heavy atom. The summed E-state index contributed by atoms with van der Waals surface area (Å²) in [6, 6.07) is 21.2. The van der Waals surface area contributed by atoms with Crippen LogP contribution >= 0.6 is 0 Å². The van der Waals surface area contributed by atoms with Gasteiger partial charge in [0.25, 0.3) is 0 Å². The molecule has 4 heteroatoms. The van der Waals surface area contributed by atoms with E-state index in [0.29, 0.717) is 0 Å². The lowest BCUT2D eigenvalue weighted by atomic mass is 10.0. The van der Waals surface area contributed by atoms with Gasteiger partial charge in [0.05, 0.1) is 19.6 Å². The largest absolute Gasteiger partial charge is 0.497 e. The van der Waals surface area contributed by atoms with Crippen LogP contribution < -0.4 is 10.1 Å². The highest BCUT2D eigenvalue weighted by molar-refractivity contribution is 5.83. The van der Waals surface area contributed by atoms with Crippen molar-refractivity contribution in [1.29, 1.82) is 0 Å². The van der Waals surface area contributed by atoms with Gasteiger partial charge in [-0.25, -0.2) is 0 Å². The van der Waals surface area contributed by atoms with E-state index in [4.69, 9.17) is 4.74 Å². The summed E-state index contributed by atoms with van der Waals surface area (Å²) in [6.45, 7) is 0.188. The number of ether oxygens (including phenoxy) is 1. The molecule has 25 heavy (non-hydrogen) atoms. The maximum atomic E-state index is 12.1. The number of benzene rings is 3. The molecule has 1 amide bonds. The van der Waals surface area contributed by atoms with Crippen molar-refractivity contribution in [3.63, 3.8) is 0 Å². The number of aliphatic hydroxyl groups excluding tert-OH is 1. The number of aliphatic hydroxyl groups is 1. The number of amides is 1. The first-order chi connectivity index (χ1) is 12.2. The van der Waals surface area contributed by atoms with Gasteiger partial charge in [0.1, 0.15) is 5.75 Å². The van der Waals surface area contributed by atoms with Gasteiger partial charge in [0.2, 0.25) is 5.91 Å². The lowest BCUT2D eigenvalue weighted by molar-refractivity contribution is -0.120. The predicted octanol–water partition coefficient (Wildman–Crippen LogP) is 3.24. The van der Waals surface area contributed by atoms with Gasteiger partial charge in [0.15, 0.2) is 0 Å². The number of methoxy groups -OCH3 is 1. The first kappa shape index (κ1) is 17.0. The van der Waals surface area contributed by atoms with Gasteiger partial charge in [-0.15, -0.1) is 0 Å². The lowest BCUT2D eigenvalue weighted by Crippen LogP contribution is -2.29. The van der Waals surface area contributed by atoms with Crippen LogP contribution in [0.4, 0.5) is 0 Å². The molecule has 1 atom stereocenters. The SMILES string of the molecule is COc1ccc(CC(=O)NC[C@H](O)c2ccc3ccccc3c2)cc1. The summed E-state index contributed by atoms with van der Waals surface area (Å²) in [5.41, 5.74) is 1.70. The van der Waals surface area contributed by atoms with Crippen LogP contribution in [-0.4, -0.2) is 24.7 Å². The molecule has 3 aromatic carbocycles. The first-order valence-corrected chi connectivity index (χ1v) is 8.22. The topological polar surface area (TPSA) is 58.6 Å². The fraction of sp³-hybridized carbons (Fsp3) is 0.190. The molecule has 0 aliphatic heterocycles. The predicted molar refractivity (Wildman–Crippen MR) is 98.6 cm³/mol. The van der Waals surface area contributed by atoms with Gasteiger partial charge in [-0.05, 0) is 40.1 Å². The third-order valence-corrected chi connectivity index (χ3v) is 4.17. The average molecular weight is 335 g/mol. The van der Waals surface area contributed by atoms with Gasteiger partial charge in [-0.1, -0.05) is 48.5 Å². The molecule has 0 aromatic heterocycles. The minimum Gasteiger partial charge on any atom is -0.497 e. The molecule has 0 radical (unpaired) electrons.